The summed E-state index contributed by atoms with van der Waals surface area (Å²) in [5, 5.41) is 8.43. The normalized spacial score (nSPS) is 30.1. The van der Waals surface area contributed by atoms with E-state index in [0.29, 0.717) is 18.4 Å². The van der Waals surface area contributed by atoms with E-state index in [1.165, 1.54) is 70.3 Å². The molecule has 0 amide bonds. The van der Waals surface area contributed by atoms with Crippen molar-refractivity contribution in [3.63, 3.8) is 0 Å². The molecule has 0 bridgehead atoms. The van der Waals surface area contributed by atoms with E-state index in [-0.39, 0.29) is 0 Å². The summed E-state index contributed by atoms with van der Waals surface area (Å²) in [4.78, 5) is 0. The summed E-state index contributed by atoms with van der Waals surface area (Å²) in [7, 11) is 0. The Kier molecular flexibility index (Phi) is 10.3. The predicted molar refractivity (Wildman–Crippen MR) is 105 cm³/mol. The van der Waals surface area contributed by atoms with Gasteiger partial charge in [0.25, 0.3) is 0 Å². The molecule has 26 heavy (non-hydrogen) atoms. The van der Waals surface area contributed by atoms with Gasteiger partial charge in [0.05, 0.1) is 6.10 Å². The molecule has 0 N–H and O–H groups in total. The van der Waals surface area contributed by atoms with Crippen molar-refractivity contribution < 1.29 is 9.13 Å². The van der Waals surface area contributed by atoms with Gasteiger partial charge in [0.1, 0.15) is 6.07 Å². The van der Waals surface area contributed by atoms with Crippen LogP contribution in [0.15, 0.2) is 11.9 Å². The van der Waals surface area contributed by atoms with E-state index in [0.717, 1.165) is 37.7 Å². The van der Waals surface area contributed by atoms with Crippen molar-refractivity contribution >= 4 is 0 Å². The van der Waals surface area contributed by atoms with Crippen molar-refractivity contribution in [2.24, 2.45) is 17.8 Å². The van der Waals surface area contributed by atoms with Crippen LogP contribution in [-0.4, -0.2) is 12.7 Å². The van der Waals surface area contributed by atoms with Crippen LogP contribution in [0.5, 0.6) is 0 Å². The monoisotopic (exact) mass is 363 g/mol. The van der Waals surface area contributed by atoms with Crippen molar-refractivity contribution in [2.45, 2.75) is 103 Å². The Morgan fingerprint density at radius 2 is 1.58 bits per heavy atom. The smallest absolute Gasteiger partial charge is 0.196 e. The molecule has 0 spiro atoms. The van der Waals surface area contributed by atoms with Crippen LogP contribution in [0.2, 0.25) is 0 Å². The van der Waals surface area contributed by atoms with E-state index in [9.17, 15) is 4.39 Å². The summed E-state index contributed by atoms with van der Waals surface area (Å²) in [5.74, 6) is 1.81. The third-order valence-electron chi connectivity index (χ3n) is 6.55. The van der Waals surface area contributed by atoms with E-state index in [1.54, 1.807) is 6.07 Å². The minimum atomic E-state index is -0.637. The first kappa shape index (κ1) is 21.4. The Morgan fingerprint density at radius 3 is 2.23 bits per heavy atom. The molecule has 0 aliphatic heterocycles. The maximum absolute atomic E-state index is 12.8. The summed E-state index contributed by atoms with van der Waals surface area (Å²) >= 11 is 0. The van der Waals surface area contributed by atoms with Crippen LogP contribution in [0.3, 0.4) is 0 Å². The summed E-state index contributed by atoms with van der Waals surface area (Å²) in [5.41, 5.74) is 0. The number of nitriles is 1. The minimum absolute atomic E-state index is 0.444. The third-order valence-corrected chi connectivity index (χ3v) is 6.55. The van der Waals surface area contributed by atoms with Crippen LogP contribution in [-0.2, 0) is 4.74 Å². The number of unbranched alkanes of at least 4 members (excludes halogenated alkanes) is 2. The van der Waals surface area contributed by atoms with Gasteiger partial charge in [0.2, 0.25) is 0 Å². The van der Waals surface area contributed by atoms with Crippen molar-refractivity contribution in [1.82, 2.24) is 0 Å². The van der Waals surface area contributed by atoms with E-state index in [1.807, 2.05) is 0 Å². The fraction of sp³-hybridized carbons (Fsp3) is 0.870. The highest BCUT2D eigenvalue weighted by Gasteiger charge is 2.24. The van der Waals surface area contributed by atoms with E-state index >= 15 is 0 Å². The van der Waals surface area contributed by atoms with Gasteiger partial charge in [-0.25, -0.2) is 0 Å². The van der Waals surface area contributed by atoms with E-state index < -0.39 is 5.83 Å². The second-order valence-corrected chi connectivity index (χ2v) is 8.60. The first-order chi connectivity index (χ1) is 12.7. The lowest BCUT2D eigenvalue weighted by atomic mass is 9.80. The van der Waals surface area contributed by atoms with Crippen LogP contribution in [0, 0.1) is 29.1 Å². The number of halogens is 1. The molecule has 0 aromatic heterocycles. The first-order valence-electron chi connectivity index (χ1n) is 11.1. The third kappa shape index (κ3) is 8.21. The Bertz CT molecular complexity index is 440. The Morgan fingerprint density at radius 1 is 0.962 bits per heavy atom. The van der Waals surface area contributed by atoms with Crippen LogP contribution in [0.4, 0.5) is 4.39 Å². The molecule has 2 fully saturated rings. The van der Waals surface area contributed by atoms with Gasteiger partial charge in [0.15, 0.2) is 5.83 Å². The molecule has 2 rings (SSSR count). The Labute approximate surface area is 160 Å². The Hall–Kier alpha value is -0.880. The molecule has 0 radical (unpaired) electrons. The number of rotatable bonds is 10. The molecule has 2 aliphatic rings. The molecule has 0 saturated heterocycles. The molecule has 0 atom stereocenters. The first-order valence-corrected chi connectivity index (χ1v) is 11.1. The van der Waals surface area contributed by atoms with Gasteiger partial charge in [0, 0.05) is 6.61 Å². The molecular weight excluding hydrogens is 325 g/mol. The molecule has 0 aromatic rings. The van der Waals surface area contributed by atoms with Crippen LogP contribution in [0.1, 0.15) is 96.8 Å². The molecule has 3 heteroatoms. The number of hydrogen-bond acceptors (Lipinski definition) is 2. The van der Waals surface area contributed by atoms with Crippen molar-refractivity contribution in [3.05, 3.63) is 11.9 Å². The van der Waals surface area contributed by atoms with Crippen molar-refractivity contribution in [2.75, 3.05) is 6.61 Å². The van der Waals surface area contributed by atoms with Crippen LogP contribution >= 0.6 is 0 Å². The van der Waals surface area contributed by atoms with E-state index in [2.05, 4.69) is 6.92 Å². The standard InChI is InChI=1S/C23H38FNO/c1-2-3-4-6-19-9-11-21(12-10-19)18-26-23-15-13-20(14-16-23)7-5-8-22(24)17-25/h8,19-21,23H,2-7,9-16,18H2,1H3. The summed E-state index contributed by atoms with van der Waals surface area (Å²) in [6.45, 7) is 3.25. The summed E-state index contributed by atoms with van der Waals surface area (Å²) in [6.07, 6.45) is 19.4. The van der Waals surface area contributed by atoms with Gasteiger partial charge in [-0.3, -0.25) is 0 Å². The molecule has 2 saturated carbocycles. The highest BCUT2D eigenvalue weighted by Crippen LogP contribution is 2.34. The molecule has 148 valence electrons. The average Bonchev–Trinajstić information content (AvgIpc) is 2.68. The van der Waals surface area contributed by atoms with Crippen LogP contribution in [0.25, 0.3) is 0 Å². The average molecular weight is 364 g/mol. The quantitative estimate of drug-likeness (QED) is 0.306. The molecule has 0 heterocycles. The van der Waals surface area contributed by atoms with Gasteiger partial charge < -0.3 is 4.74 Å². The van der Waals surface area contributed by atoms with Gasteiger partial charge >= 0.3 is 0 Å². The fourth-order valence-corrected chi connectivity index (χ4v) is 4.72. The fourth-order valence-electron chi connectivity index (χ4n) is 4.72. The Balaban J connectivity index is 1.52. The largest absolute Gasteiger partial charge is 0.378 e. The van der Waals surface area contributed by atoms with Gasteiger partial charge in [-0.15, -0.1) is 0 Å². The molecular formula is C23H38FNO. The lowest BCUT2D eigenvalue weighted by Gasteiger charge is -2.32. The van der Waals surface area contributed by atoms with Gasteiger partial charge in [-0.1, -0.05) is 45.4 Å². The lowest BCUT2D eigenvalue weighted by molar-refractivity contribution is -0.0102. The van der Waals surface area contributed by atoms with E-state index in [4.69, 9.17) is 10.00 Å². The zero-order valence-electron chi connectivity index (χ0n) is 16.7. The lowest BCUT2D eigenvalue weighted by Crippen LogP contribution is -2.26. The SMILES string of the molecule is CCCCCC1CCC(COC2CCC(CCC=C(F)C#N)CC2)CC1. The predicted octanol–water partition coefficient (Wildman–Crippen LogP) is 7.11. The molecule has 0 unspecified atom stereocenters. The van der Waals surface area contributed by atoms with Crippen molar-refractivity contribution in [1.29, 1.82) is 5.26 Å². The second-order valence-electron chi connectivity index (χ2n) is 8.60. The molecule has 2 nitrogen and oxygen atoms in total. The molecule has 0 aromatic carbocycles. The maximum Gasteiger partial charge on any atom is 0.196 e. The minimum Gasteiger partial charge on any atom is -0.378 e. The topological polar surface area (TPSA) is 33.0 Å². The number of hydrogen-bond donors (Lipinski definition) is 0. The summed E-state index contributed by atoms with van der Waals surface area (Å²) in [6, 6.07) is 1.55. The highest BCUT2D eigenvalue weighted by molar-refractivity contribution is 5.11. The summed E-state index contributed by atoms with van der Waals surface area (Å²) < 4.78 is 19.1. The number of allylic oxidation sites excluding steroid dienone is 2. The highest BCUT2D eigenvalue weighted by atomic mass is 19.1. The van der Waals surface area contributed by atoms with Crippen molar-refractivity contribution in [3.8, 4) is 6.07 Å². The zero-order valence-corrected chi connectivity index (χ0v) is 16.7. The molecule has 2 aliphatic carbocycles. The number of nitrogens with zero attached hydrogens (tertiary/aromatic N) is 1. The zero-order chi connectivity index (χ0) is 18.6. The van der Waals surface area contributed by atoms with Gasteiger partial charge in [-0.05, 0) is 75.2 Å². The van der Waals surface area contributed by atoms with Gasteiger partial charge in [-0.2, -0.15) is 9.65 Å². The van der Waals surface area contributed by atoms with Crippen LogP contribution < -0.4 is 0 Å². The second kappa shape index (κ2) is 12.5. The number of ether oxygens (including phenoxy) is 1. The maximum atomic E-state index is 12.8.